The number of aryl methyl sites for hydroxylation is 1. The minimum absolute atomic E-state index is 0.128. The second-order valence-electron chi connectivity index (χ2n) is 5.06. The van der Waals surface area contributed by atoms with Crippen LogP contribution in [0.4, 0.5) is 5.69 Å². The molecule has 0 aliphatic heterocycles. The number of nitrogens with one attached hydrogen (secondary N) is 1. The van der Waals surface area contributed by atoms with Crippen molar-refractivity contribution in [1.82, 2.24) is 0 Å². The van der Waals surface area contributed by atoms with Crippen molar-refractivity contribution in [2.24, 2.45) is 11.7 Å². The largest absolute Gasteiger partial charge is 0.328 e. The predicted octanol–water partition coefficient (Wildman–Crippen LogP) is 3.06. The molecule has 0 spiro atoms. The molecule has 3 N–H and O–H groups in total. The molecule has 1 aromatic carbocycles. The van der Waals surface area contributed by atoms with Crippen LogP contribution in [0.25, 0.3) is 0 Å². The molecular formula is C14H19IN2O. The average molecular weight is 358 g/mol. The molecule has 0 atom stereocenters. The van der Waals surface area contributed by atoms with Crippen LogP contribution in [0, 0.1) is 16.4 Å². The third kappa shape index (κ3) is 3.45. The van der Waals surface area contributed by atoms with Gasteiger partial charge in [-0.25, -0.2) is 0 Å². The van der Waals surface area contributed by atoms with E-state index in [1.165, 1.54) is 3.57 Å². The van der Waals surface area contributed by atoms with Gasteiger partial charge in [0.05, 0.1) is 0 Å². The van der Waals surface area contributed by atoms with Gasteiger partial charge in [-0.2, -0.15) is 0 Å². The topological polar surface area (TPSA) is 55.1 Å². The van der Waals surface area contributed by atoms with E-state index in [9.17, 15) is 4.79 Å². The summed E-state index contributed by atoms with van der Waals surface area (Å²) in [5.41, 5.74) is 7.90. The number of amides is 1. The summed E-state index contributed by atoms with van der Waals surface area (Å²) in [6, 6.07) is 6.35. The number of hydrogen-bond acceptors (Lipinski definition) is 2. The molecule has 1 aliphatic rings. The van der Waals surface area contributed by atoms with E-state index in [1.54, 1.807) is 0 Å². The Morgan fingerprint density at radius 2 is 2.00 bits per heavy atom. The number of benzene rings is 1. The average Bonchev–Trinajstić information content (AvgIpc) is 2.33. The van der Waals surface area contributed by atoms with E-state index in [2.05, 4.69) is 34.0 Å². The van der Waals surface area contributed by atoms with Crippen molar-refractivity contribution in [2.75, 3.05) is 5.32 Å². The minimum Gasteiger partial charge on any atom is -0.328 e. The van der Waals surface area contributed by atoms with E-state index in [-0.39, 0.29) is 17.9 Å². The van der Waals surface area contributed by atoms with Gasteiger partial charge in [0.25, 0.3) is 0 Å². The molecule has 1 aliphatic carbocycles. The maximum absolute atomic E-state index is 12.2. The van der Waals surface area contributed by atoms with Crippen molar-refractivity contribution in [1.29, 1.82) is 0 Å². The van der Waals surface area contributed by atoms with Crippen LogP contribution in [-0.2, 0) is 4.79 Å². The van der Waals surface area contributed by atoms with Gasteiger partial charge in [-0.1, -0.05) is 0 Å². The zero-order chi connectivity index (χ0) is 13.1. The van der Waals surface area contributed by atoms with E-state index in [0.29, 0.717) is 0 Å². The molecule has 1 amide bonds. The van der Waals surface area contributed by atoms with Crippen molar-refractivity contribution in [3.05, 3.63) is 27.3 Å². The van der Waals surface area contributed by atoms with Crippen LogP contribution in [0.5, 0.6) is 0 Å². The predicted molar refractivity (Wildman–Crippen MR) is 82.5 cm³/mol. The highest BCUT2D eigenvalue weighted by atomic mass is 127. The van der Waals surface area contributed by atoms with Gasteiger partial charge in [0.15, 0.2) is 0 Å². The number of nitrogens with two attached hydrogens (primary N) is 1. The third-order valence-corrected chi connectivity index (χ3v) is 4.26. The lowest BCUT2D eigenvalue weighted by atomic mass is 9.86. The maximum atomic E-state index is 12.2. The van der Waals surface area contributed by atoms with Gasteiger partial charge in [0.2, 0.25) is 5.91 Å². The number of halogens is 1. The Labute approximate surface area is 122 Å². The first-order valence-corrected chi connectivity index (χ1v) is 7.46. The van der Waals surface area contributed by atoms with Crippen molar-refractivity contribution in [3.8, 4) is 0 Å². The molecular weight excluding hydrogens is 339 g/mol. The Morgan fingerprint density at radius 3 is 2.61 bits per heavy atom. The number of anilines is 1. The Bertz CT molecular complexity index is 439. The standard InChI is InChI=1S/C14H19IN2O/c1-9-8-11(15)4-7-13(9)17-14(18)10-2-5-12(16)6-3-10/h4,7-8,10,12H,2-3,5-6,16H2,1H3,(H,17,18). The van der Waals surface area contributed by atoms with Crippen molar-refractivity contribution in [3.63, 3.8) is 0 Å². The summed E-state index contributed by atoms with van der Waals surface area (Å²) in [6.07, 6.45) is 3.75. The summed E-state index contributed by atoms with van der Waals surface area (Å²) in [5.74, 6) is 0.273. The summed E-state index contributed by atoms with van der Waals surface area (Å²) in [6.45, 7) is 2.02. The first-order chi connectivity index (χ1) is 8.56. The fraction of sp³-hybridized carbons (Fsp3) is 0.500. The van der Waals surface area contributed by atoms with E-state index < -0.39 is 0 Å². The lowest BCUT2D eigenvalue weighted by Crippen LogP contribution is -2.32. The fourth-order valence-corrected chi connectivity index (χ4v) is 3.03. The summed E-state index contributed by atoms with van der Waals surface area (Å²) in [5, 5.41) is 3.04. The highest BCUT2D eigenvalue weighted by molar-refractivity contribution is 14.1. The second-order valence-corrected chi connectivity index (χ2v) is 6.31. The zero-order valence-corrected chi connectivity index (χ0v) is 12.7. The Balaban J connectivity index is 1.98. The molecule has 1 saturated carbocycles. The molecule has 0 aromatic heterocycles. The molecule has 18 heavy (non-hydrogen) atoms. The summed E-state index contributed by atoms with van der Waals surface area (Å²) < 4.78 is 1.19. The number of rotatable bonds is 2. The van der Waals surface area contributed by atoms with Crippen LogP contribution >= 0.6 is 22.6 Å². The third-order valence-electron chi connectivity index (χ3n) is 3.59. The Morgan fingerprint density at radius 1 is 1.33 bits per heavy atom. The molecule has 1 fully saturated rings. The molecule has 0 heterocycles. The lowest BCUT2D eigenvalue weighted by molar-refractivity contribution is -0.120. The molecule has 3 nitrogen and oxygen atoms in total. The molecule has 2 rings (SSSR count). The van der Waals surface area contributed by atoms with E-state index in [1.807, 2.05) is 19.1 Å². The van der Waals surface area contributed by atoms with E-state index in [4.69, 9.17) is 5.73 Å². The first kappa shape index (κ1) is 13.8. The fourth-order valence-electron chi connectivity index (χ4n) is 2.38. The van der Waals surface area contributed by atoms with Crippen LogP contribution in [0.15, 0.2) is 18.2 Å². The van der Waals surface area contributed by atoms with Crippen LogP contribution < -0.4 is 11.1 Å². The highest BCUT2D eigenvalue weighted by Crippen LogP contribution is 2.25. The van der Waals surface area contributed by atoms with Crippen molar-refractivity contribution < 1.29 is 4.79 Å². The highest BCUT2D eigenvalue weighted by Gasteiger charge is 2.24. The molecule has 1 aromatic rings. The smallest absolute Gasteiger partial charge is 0.227 e. The molecule has 4 heteroatoms. The Kier molecular flexibility index (Phi) is 4.61. The van der Waals surface area contributed by atoms with Crippen LogP contribution in [-0.4, -0.2) is 11.9 Å². The molecule has 0 unspecified atom stereocenters. The van der Waals surface area contributed by atoms with Crippen LogP contribution in [0.1, 0.15) is 31.2 Å². The second kappa shape index (κ2) is 6.02. The molecule has 98 valence electrons. The molecule has 0 bridgehead atoms. The van der Waals surface area contributed by atoms with Gasteiger partial charge < -0.3 is 11.1 Å². The minimum atomic E-state index is 0.128. The van der Waals surface area contributed by atoms with Gasteiger partial charge in [0, 0.05) is 21.2 Å². The van der Waals surface area contributed by atoms with E-state index >= 15 is 0 Å². The lowest BCUT2D eigenvalue weighted by Gasteiger charge is -2.25. The van der Waals surface area contributed by atoms with Crippen LogP contribution in [0.2, 0.25) is 0 Å². The Hall–Kier alpha value is -0.620. The summed E-state index contributed by atoms with van der Waals surface area (Å²) >= 11 is 2.27. The number of carbonyl (C=O) groups is 1. The maximum Gasteiger partial charge on any atom is 0.227 e. The van der Waals surface area contributed by atoms with Crippen molar-refractivity contribution in [2.45, 2.75) is 38.6 Å². The normalized spacial score (nSPS) is 23.7. The SMILES string of the molecule is Cc1cc(I)ccc1NC(=O)C1CCC(N)CC1. The zero-order valence-electron chi connectivity index (χ0n) is 10.6. The van der Waals surface area contributed by atoms with Gasteiger partial charge in [-0.05, 0) is 79.0 Å². The quantitative estimate of drug-likeness (QED) is 0.799. The molecule has 0 saturated heterocycles. The number of hydrogen-bond donors (Lipinski definition) is 2. The van der Waals surface area contributed by atoms with Crippen LogP contribution in [0.3, 0.4) is 0 Å². The van der Waals surface area contributed by atoms with Gasteiger partial charge in [-0.15, -0.1) is 0 Å². The molecule has 0 radical (unpaired) electrons. The van der Waals surface area contributed by atoms with Gasteiger partial charge >= 0.3 is 0 Å². The van der Waals surface area contributed by atoms with Crippen molar-refractivity contribution >= 4 is 34.2 Å². The monoisotopic (exact) mass is 358 g/mol. The number of carbonyl (C=O) groups excluding carboxylic acids is 1. The van der Waals surface area contributed by atoms with Gasteiger partial charge in [0.1, 0.15) is 0 Å². The van der Waals surface area contributed by atoms with Gasteiger partial charge in [-0.3, -0.25) is 4.79 Å². The van der Waals surface area contributed by atoms with E-state index in [0.717, 1.165) is 36.9 Å². The first-order valence-electron chi connectivity index (χ1n) is 6.39. The summed E-state index contributed by atoms with van der Waals surface area (Å²) in [7, 11) is 0. The summed E-state index contributed by atoms with van der Waals surface area (Å²) in [4.78, 5) is 12.2.